The van der Waals surface area contributed by atoms with Gasteiger partial charge >= 0.3 is 12.1 Å². The first-order chi connectivity index (χ1) is 10.2. The fraction of sp³-hybridized carbons (Fsp3) is 0.333. The lowest BCUT2D eigenvalue weighted by Gasteiger charge is -2.17. The van der Waals surface area contributed by atoms with Crippen molar-refractivity contribution in [2.75, 3.05) is 0 Å². The van der Waals surface area contributed by atoms with Crippen LogP contribution in [0, 0.1) is 0 Å². The van der Waals surface area contributed by atoms with Gasteiger partial charge in [0.25, 0.3) is 5.91 Å². The number of hydroxylamine groups is 1. The highest BCUT2D eigenvalue weighted by molar-refractivity contribution is 7.86. The second kappa shape index (κ2) is 7.36. The van der Waals surface area contributed by atoms with Crippen LogP contribution in [0.1, 0.15) is 18.4 Å². The highest BCUT2D eigenvalue weighted by Crippen LogP contribution is 2.34. The van der Waals surface area contributed by atoms with E-state index in [4.69, 9.17) is 10.3 Å². The van der Waals surface area contributed by atoms with Crippen LogP contribution in [0.4, 0.5) is 13.2 Å². The summed E-state index contributed by atoms with van der Waals surface area (Å²) in [5.41, 5.74) is 0.0104. The van der Waals surface area contributed by atoms with Gasteiger partial charge in [-0.25, -0.2) is 5.48 Å². The van der Waals surface area contributed by atoms with Crippen LogP contribution in [0.5, 0.6) is 0 Å². The summed E-state index contributed by atoms with van der Waals surface area (Å²) in [7, 11) is -2.48. The second-order valence-electron chi connectivity index (χ2n) is 4.19. The first-order valence-electron chi connectivity index (χ1n) is 5.91. The van der Waals surface area contributed by atoms with Crippen LogP contribution in [-0.2, 0) is 26.6 Å². The minimum absolute atomic E-state index is 0.486. The molecule has 2 unspecified atom stereocenters. The summed E-state index contributed by atoms with van der Waals surface area (Å²) in [5, 5.41) is 15.6. The van der Waals surface area contributed by atoms with Crippen molar-refractivity contribution in [2.45, 2.75) is 29.2 Å². The molecule has 122 valence electrons. The summed E-state index contributed by atoms with van der Waals surface area (Å²) in [4.78, 5) is 21.4. The average molecular weight is 339 g/mol. The molecular weight excluding hydrogens is 327 g/mol. The first-order valence-corrected chi connectivity index (χ1v) is 7.12. The number of rotatable bonds is 6. The van der Waals surface area contributed by atoms with Crippen molar-refractivity contribution in [3.05, 3.63) is 29.8 Å². The van der Waals surface area contributed by atoms with E-state index in [0.717, 1.165) is 12.1 Å². The highest BCUT2D eigenvalue weighted by Gasteiger charge is 2.37. The van der Waals surface area contributed by atoms with Crippen molar-refractivity contribution in [3.63, 3.8) is 0 Å². The number of nitrogens with one attached hydrogen (secondary N) is 1. The number of alkyl halides is 3. The Kier molecular flexibility index (Phi) is 6.06. The van der Waals surface area contributed by atoms with E-state index in [2.05, 4.69) is 0 Å². The molecule has 0 radical (unpaired) electrons. The van der Waals surface area contributed by atoms with Gasteiger partial charge in [0.1, 0.15) is 5.25 Å². The van der Waals surface area contributed by atoms with Crippen LogP contribution in [0.25, 0.3) is 0 Å². The molecule has 6 nitrogen and oxygen atoms in total. The number of aliphatic carboxylic acids is 1. The van der Waals surface area contributed by atoms with Crippen molar-refractivity contribution in [1.29, 1.82) is 0 Å². The summed E-state index contributed by atoms with van der Waals surface area (Å²) in [5.74, 6) is -2.52. The van der Waals surface area contributed by atoms with Crippen LogP contribution in [0.15, 0.2) is 29.2 Å². The molecule has 1 aromatic rings. The maximum absolute atomic E-state index is 12.9. The zero-order chi connectivity index (χ0) is 16.9. The quantitative estimate of drug-likeness (QED) is 0.539. The Morgan fingerprint density at radius 3 is 2.36 bits per heavy atom. The second-order valence-corrected chi connectivity index (χ2v) is 5.79. The smallest absolute Gasteiger partial charge is 0.417 e. The van der Waals surface area contributed by atoms with Gasteiger partial charge in [-0.3, -0.25) is 19.0 Å². The molecule has 1 amide bonds. The van der Waals surface area contributed by atoms with Gasteiger partial charge in [-0.05, 0) is 18.6 Å². The van der Waals surface area contributed by atoms with Gasteiger partial charge in [0, 0.05) is 6.42 Å². The van der Waals surface area contributed by atoms with E-state index in [9.17, 15) is 27.0 Å². The van der Waals surface area contributed by atoms with Gasteiger partial charge in [0.2, 0.25) is 0 Å². The molecule has 0 spiro atoms. The van der Waals surface area contributed by atoms with Crippen molar-refractivity contribution >= 4 is 22.7 Å². The molecule has 0 aliphatic rings. The summed E-state index contributed by atoms with van der Waals surface area (Å²) < 4.78 is 50.9. The fourth-order valence-electron chi connectivity index (χ4n) is 1.69. The number of halogens is 3. The third kappa shape index (κ3) is 4.53. The Hall–Kier alpha value is -1.94. The largest absolute Gasteiger partial charge is 0.481 e. The van der Waals surface area contributed by atoms with Crippen LogP contribution in [0.3, 0.4) is 0 Å². The van der Waals surface area contributed by atoms with Gasteiger partial charge in [0.15, 0.2) is 0 Å². The van der Waals surface area contributed by atoms with E-state index in [1.807, 2.05) is 0 Å². The summed E-state index contributed by atoms with van der Waals surface area (Å²) in [6, 6.07) is 3.96. The number of amides is 1. The van der Waals surface area contributed by atoms with Crippen LogP contribution >= 0.6 is 0 Å². The Balaban J connectivity index is 3.19. The lowest BCUT2D eigenvalue weighted by atomic mass is 10.2. The third-order valence-electron chi connectivity index (χ3n) is 2.69. The van der Waals surface area contributed by atoms with Crippen LogP contribution in [-0.4, -0.2) is 31.6 Å². The summed E-state index contributed by atoms with van der Waals surface area (Å²) in [6.45, 7) is 0. The Morgan fingerprint density at radius 1 is 1.27 bits per heavy atom. The maximum Gasteiger partial charge on any atom is 0.417 e. The molecule has 0 aromatic heterocycles. The minimum Gasteiger partial charge on any atom is -0.481 e. The van der Waals surface area contributed by atoms with Gasteiger partial charge in [0.05, 0.1) is 21.3 Å². The van der Waals surface area contributed by atoms with Gasteiger partial charge in [-0.1, -0.05) is 12.1 Å². The first kappa shape index (κ1) is 18.1. The number of carboxylic acid groups (broad SMARTS) is 1. The average Bonchev–Trinajstić information content (AvgIpc) is 2.45. The lowest BCUT2D eigenvalue weighted by molar-refractivity contribution is -0.140. The van der Waals surface area contributed by atoms with E-state index in [-0.39, 0.29) is 0 Å². The predicted octanol–water partition coefficient (Wildman–Crippen LogP) is 1.55. The van der Waals surface area contributed by atoms with Crippen molar-refractivity contribution in [2.24, 2.45) is 0 Å². The van der Waals surface area contributed by atoms with Crippen molar-refractivity contribution in [1.82, 2.24) is 5.48 Å². The molecule has 22 heavy (non-hydrogen) atoms. The van der Waals surface area contributed by atoms with Crippen LogP contribution < -0.4 is 5.48 Å². The number of hydrogen-bond acceptors (Lipinski definition) is 4. The Bertz CT molecular complexity index is 590. The monoisotopic (exact) mass is 339 g/mol. The third-order valence-corrected chi connectivity index (χ3v) is 4.45. The van der Waals surface area contributed by atoms with Gasteiger partial charge in [-0.2, -0.15) is 13.2 Å². The van der Waals surface area contributed by atoms with E-state index in [1.165, 1.54) is 11.5 Å². The molecule has 2 atom stereocenters. The maximum atomic E-state index is 12.9. The number of hydrogen-bond donors (Lipinski definition) is 3. The summed E-state index contributed by atoms with van der Waals surface area (Å²) >= 11 is 0. The predicted molar refractivity (Wildman–Crippen MR) is 68.4 cm³/mol. The SMILES string of the molecule is O=C(O)CCC(C(=O)NO)S(=O)c1ccccc1C(F)(F)F. The van der Waals surface area contributed by atoms with Gasteiger partial charge in [-0.15, -0.1) is 0 Å². The fourth-order valence-corrected chi connectivity index (χ4v) is 3.19. The van der Waals surface area contributed by atoms with Crippen LogP contribution in [0.2, 0.25) is 0 Å². The van der Waals surface area contributed by atoms with E-state index < -0.39 is 57.4 Å². The van der Waals surface area contributed by atoms with Crippen molar-refractivity contribution < 1.29 is 37.3 Å². The zero-order valence-corrected chi connectivity index (χ0v) is 11.8. The molecule has 1 rings (SSSR count). The van der Waals surface area contributed by atoms with Gasteiger partial charge < -0.3 is 5.11 Å². The molecular formula is C12H12F3NO5S. The molecule has 0 aliphatic heterocycles. The lowest BCUT2D eigenvalue weighted by Crippen LogP contribution is -2.36. The number of carbonyl (C=O) groups excluding carboxylic acids is 1. The van der Waals surface area contributed by atoms with E-state index in [0.29, 0.717) is 6.07 Å². The molecule has 0 saturated carbocycles. The van der Waals surface area contributed by atoms with E-state index in [1.54, 1.807) is 0 Å². The number of carboxylic acids is 1. The summed E-state index contributed by atoms with van der Waals surface area (Å²) in [6.07, 6.45) is -5.85. The Labute approximate surface area is 125 Å². The molecule has 10 heteroatoms. The number of carbonyl (C=O) groups is 2. The Morgan fingerprint density at radius 2 is 1.86 bits per heavy atom. The van der Waals surface area contributed by atoms with E-state index >= 15 is 0 Å². The molecule has 1 aromatic carbocycles. The topological polar surface area (TPSA) is 104 Å². The zero-order valence-electron chi connectivity index (χ0n) is 11.0. The minimum atomic E-state index is -4.78. The highest BCUT2D eigenvalue weighted by atomic mass is 32.2. The van der Waals surface area contributed by atoms with Crippen molar-refractivity contribution in [3.8, 4) is 0 Å². The molecule has 0 saturated heterocycles. The molecule has 0 bridgehead atoms. The standard InChI is InChI=1S/C12H12F3NO5S/c13-12(14,15)7-3-1-2-4-8(7)22(21)9(11(19)16-20)5-6-10(17)18/h1-4,9,20H,5-6H2,(H,16,19)(H,17,18). The molecule has 3 N–H and O–H groups in total. The number of benzene rings is 1. The normalized spacial score (nSPS) is 14.2. The molecule has 0 fully saturated rings. The molecule has 0 heterocycles. The molecule has 0 aliphatic carbocycles.